The fourth-order valence-electron chi connectivity index (χ4n) is 1.33. The lowest BCUT2D eigenvalue weighted by Crippen LogP contribution is -2.39. The first kappa shape index (κ1) is 20.8. The lowest BCUT2D eigenvalue weighted by molar-refractivity contribution is -0.119. The zero-order valence-electron chi connectivity index (χ0n) is 11.5. The van der Waals surface area contributed by atoms with Crippen LogP contribution in [0.1, 0.15) is 13.3 Å². The minimum absolute atomic E-state index is 0. The van der Waals surface area contributed by atoms with Crippen molar-refractivity contribution in [3.63, 3.8) is 0 Å². The Morgan fingerprint density at radius 1 is 1.29 bits per heavy atom. The Balaban J connectivity index is 0.00000400. The summed E-state index contributed by atoms with van der Waals surface area (Å²) >= 11 is 4.30. The summed E-state index contributed by atoms with van der Waals surface area (Å²) in [7, 11) is -3.61. The highest BCUT2D eigenvalue weighted by Crippen LogP contribution is 2.25. The van der Waals surface area contributed by atoms with Crippen LogP contribution >= 0.6 is 39.7 Å². The number of rotatable bonds is 9. The van der Waals surface area contributed by atoms with Gasteiger partial charge in [0.25, 0.3) is 10.0 Å². The molecule has 0 unspecified atom stereocenters. The zero-order chi connectivity index (χ0) is 15.0. The number of hydrogen-bond acceptors (Lipinski definition) is 5. The molecule has 1 rings (SSSR count). The second-order valence-corrected chi connectivity index (χ2v) is 8.44. The average Bonchev–Trinajstić information content (AvgIpc) is 2.84. The van der Waals surface area contributed by atoms with Crippen LogP contribution in [0, 0.1) is 0 Å². The Morgan fingerprint density at radius 3 is 2.57 bits per heavy atom. The molecule has 1 amide bonds. The topological polar surface area (TPSA) is 87.3 Å². The highest BCUT2D eigenvalue weighted by molar-refractivity contribution is 9.11. The van der Waals surface area contributed by atoms with E-state index in [4.69, 9.17) is 0 Å². The Bertz CT molecular complexity index is 537. The molecule has 0 saturated carbocycles. The van der Waals surface area contributed by atoms with Crippen LogP contribution in [0.3, 0.4) is 0 Å². The Labute approximate surface area is 143 Å². The van der Waals surface area contributed by atoms with E-state index in [0.29, 0.717) is 13.1 Å². The summed E-state index contributed by atoms with van der Waals surface area (Å²) in [4.78, 5) is 11.5. The summed E-state index contributed by atoms with van der Waals surface area (Å²) < 4.78 is 26.9. The second-order valence-electron chi connectivity index (χ2n) is 3.98. The number of halogens is 2. The van der Waals surface area contributed by atoms with Gasteiger partial charge in [0, 0.05) is 13.1 Å². The molecule has 0 radical (unpaired) electrons. The van der Waals surface area contributed by atoms with Gasteiger partial charge in [0.05, 0.1) is 10.3 Å². The SMILES string of the molecule is CCCNCCNC(=O)CNS(=O)(=O)c1ccc(Br)s1.Cl. The number of thiophene rings is 1. The minimum Gasteiger partial charge on any atom is -0.354 e. The number of amides is 1. The van der Waals surface area contributed by atoms with Gasteiger partial charge in [0.1, 0.15) is 4.21 Å². The van der Waals surface area contributed by atoms with Crippen molar-refractivity contribution < 1.29 is 13.2 Å². The van der Waals surface area contributed by atoms with Crippen molar-refractivity contribution in [2.45, 2.75) is 17.6 Å². The Morgan fingerprint density at radius 2 is 2.00 bits per heavy atom. The van der Waals surface area contributed by atoms with Gasteiger partial charge in [-0.25, -0.2) is 13.1 Å². The van der Waals surface area contributed by atoms with Crippen molar-refractivity contribution in [1.29, 1.82) is 0 Å². The summed E-state index contributed by atoms with van der Waals surface area (Å²) in [5.74, 6) is -0.345. The van der Waals surface area contributed by atoms with E-state index in [0.717, 1.165) is 28.1 Å². The first-order valence-electron chi connectivity index (χ1n) is 6.18. The van der Waals surface area contributed by atoms with Crippen molar-refractivity contribution in [3.05, 3.63) is 15.9 Å². The molecule has 21 heavy (non-hydrogen) atoms. The molecule has 0 aliphatic rings. The highest BCUT2D eigenvalue weighted by atomic mass is 79.9. The maximum absolute atomic E-state index is 11.9. The van der Waals surface area contributed by atoms with Crippen LogP contribution < -0.4 is 15.4 Å². The van der Waals surface area contributed by atoms with E-state index < -0.39 is 10.0 Å². The van der Waals surface area contributed by atoms with Crippen LogP contribution in [0.5, 0.6) is 0 Å². The van der Waals surface area contributed by atoms with Gasteiger partial charge in [0.2, 0.25) is 5.91 Å². The van der Waals surface area contributed by atoms with Gasteiger partial charge in [-0.2, -0.15) is 0 Å². The van der Waals surface area contributed by atoms with Gasteiger partial charge in [-0.3, -0.25) is 4.79 Å². The molecule has 0 fully saturated rings. The third kappa shape index (κ3) is 8.12. The molecular weight excluding hydrogens is 402 g/mol. The average molecular weight is 421 g/mol. The molecule has 0 aromatic carbocycles. The van der Waals surface area contributed by atoms with Gasteiger partial charge in [-0.1, -0.05) is 6.92 Å². The van der Waals surface area contributed by atoms with E-state index in [1.54, 1.807) is 6.07 Å². The predicted octanol–water partition coefficient (Wildman–Crippen LogP) is 1.33. The summed E-state index contributed by atoms with van der Waals surface area (Å²) in [6, 6.07) is 3.14. The molecule has 1 aromatic heterocycles. The van der Waals surface area contributed by atoms with E-state index in [9.17, 15) is 13.2 Å². The summed E-state index contributed by atoms with van der Waals surface area (Å²) in [5.41, 5.74) is 0. The molecule has 0 aliphatic carbocycles. The van der Waals surface area contributed by atoms with Crippen LogP contribution in [0.15, 0.2) is 20.1 Å². The van der Waals surface area contributed by atoms with Crippen LogP contribution in [-0.4, -0.2) is 40.5 Å². The van der Waals surface area contributed by atoms with Crippen molar-refractivity contribution >= 4 is 55.6 Å². The van der Waals surface area contributed by atoms with Gasteiger partial charge in [-0.05, 0) is 41.0 Å². The van der Waals surface area contributed by atoms with Crippen molar-refractivity contribution in [2.75, 3.05) is 26.2 Å². The van der Waals surface area contributed by atoms with Gasteiger partial charge < -0.3 is 10.6 Å². The zero-order valence-corrected chi connectivity index (χ0v) is 15.6. The van der Waals surface area contributed by atoms with Crippen LogP contribution in [0.2, 0.25) is 0 Å². The number of carbonyl (C=O) groups excluding carboxylic acids is 1. The molecule has 3 N–H and O–H groups in total. The third-order valence-electron chi connectivity index (χ3n) is 2.29. The lowest BCUT2D eigenvalue weighted by Gasteiger charge is -2.07. The van der Waals surface area contributed by atoms with E-state index in [1.165, 1.54) is 6.07 Å². The number of sulfonamides is 1. The van der Waals surface area contributed by atoms with E-state index in [1.807, 2.05) is 0 Å². The lowest BCUT2D eigenvalue weighted by atomic mass is 10.4. The van der Waals surface area contributed by atoms with Crippen LogP contribution in [0.25, 0.3) is 0 Å². The van der Waals surface area contributed by atoms with Crippen molar-refractivity contribution in [1.82, 2.24) is 15.4 Å². The van der Waals surface area contributed by atoms with Crippen molar-refractivity contribution in [2.24, 2.45) is 0 Å². The van der Waals surface area contributed by atoms with E-state index in [-0.39, 0.29) is 29.1 Å². The molecule has 0 atom stereocenters. The second kappa shape index (κ2) is 10.5. The Hall–Kier alpha value is -0.190. The van der Waals surface area contributed by atoms with Crippen LogP contribution in [-0.2, 0) is 14.8 Å². The molecule has 0 saturated heterocycles. The monoisotopic (exact) mass is 419 g/mol. The fraction of sp³-hybridized carbons (Fsp3) is 0.545. The molecular formula is C11H19BrClN3O3S2. The van der Waals surface area contributed by atoms with Gasteiger partial charge in [-0.15, -0.1) is 23.7 Å². The molecule has 1 aromatic rings. The first-order valence-corrected chi connectivity index (χ1v) is 9.27. The summed E-state index contributed by atoms with van der Waals surface area (Å²) in [5, 5.41) is 5.77. The minimum atomic E-state index is -3.61. The van der Waals surface area contributed by atoms with E-state index >= 15 is 0 Å². The number of hydrogen-bond donors (Lipinski definition) is 3. The molecule has 6 nitrogen and oxygen atoms in total. The number of nitrogens with one attached hydrogen (secondary N) is 3. The molecule has 0 spiro atoms. The normalized spacial score (nSPS) is 11.0. The highest BCUT2D eigenvalue weighted by Gasteiger charge is 2.17. The number of carbonyl (C=O) groups is 1. The molecule has 1 heterocycles. The first-order chi connectivity index (χ1) is 9.45. The maximum Gasteiger partial charge on any atom is 0.250 e. The van der Waals surface area contributed by atoms with Crippen LogP contribution in [0.4, 0.5) is 0 Å². The third-order valence-corrected chi connectivity index (χ3v) is 5.80. The maximum atomic E-state index is 11.9. The van der Waals surface area contributed by atoms with E-state index in [2.05, 4.69) is 38.2 Å². The molecule has 122 valence electrons. The Kier molecular flexibility index (Phi) is 10.4. The quantitative estimate of drug-likeness (QED) is 0.526. The van der Waals surface area contributed by atoms with Crippen molar-refractivity contribution in [3.8, 4) is 0 Å². The smallest absolute Gasteiger partial charge is 0.250 e. The standard InChI is InChI=1S/C11H18BrN3O3S2.ClH/c1-2-5-13-6-7-14-10(16)8-15-20(17,18)11-4-3-9(12)19-11;/h3-4,13,15H,2,5-8H2,1H3,(H,14,16);1H. The predicted molar refractivity (Wildman–Crippen MR) is 90.6 cm³/mol. The molecule has 0 aliphatic heterocycles. The van der Waals surface area contributed by atoms with Gasteiger partial charge in [0.15, 0.2) is 0 Å². The fourth-order valence-corrected chi connectivity index (χ4v) is 4.37. The largest absolute Gasteiger partial charge is 0.354 e. The molecule has 0 bridgehead atoms. The van der Waals surface area contributed by atoms with Gasteiger partial charge >= 0.3 is 0 Å². The molecule has 10 heteroatoms. The summed E-state index contributed by atoms with van der Waals surface area (Å²) in [6.07, 6.45) is 1.03. The summed E-state index contributed by atoms with van der Waals surface area (Å²) in [6.45, 7) is 3.85.